The molecule has 0 aliphatic carbocycles. The van der Waals surface area contributed by atoms with Crippen molar-refractivity contribution >= 4 is 0 Å². The second-order valence-electron chi connectivity index (χ2n) is 5.88. The Morgan fingerprint density at radius 1 is 1.26 bits per heavy atom. The van der Waals surface area contributed by atoms with Gasteiger partial charge in [0.2, 0.25) is 0 Å². The predicted octanol–water partition coefficient (Wildman–Crippen LogP) is 3.77. The van der Waals surface area contributed by atoms with Crippen LogP contribution in [0.25, 0.3) is 0 Å². The van der Waals surface area contributed by atoms with Crippen molar-refractivity contribution in [2.45, 2.75) is 52.7 Å². The number of hydrogen-bond acceptors (Lipinski definition) is 2. The number of benzene rings is 1. The molecule has 1 aliphatic rings. The Morgan fingerprint density at radius 2 is 1.95 bits per heavy atom. The summed E-state index contributed by atoms with van der Waals surface area (Å²) in [6.07, 6.45) is 2.69. The van der Waals surface area contributed by atoms with Crippen LogP contribution in [0.5, 0.6) is 0 Å². The fourth-order valence-electron chi connectivity index (χ4n) is 3.19. The normalized spacial score (nSPS) is 24.6. The second kappa shape index (κ2) is 6.53. The second-order valence-corrected chi connectivity index (χ2v) is 5.88. The van der Waals surface area contributed by atoms with Crippen molar-refractivity contribution in [3.05, 3.63) is 34.9 Å². The molecule has 1 heterocycles. The smallest absolute Gasteiger partial charge is 0.0594 e. The van der Waals surface area contributed by atoms with Gasteiger partial charge in [-0.25, -0.2) is 0 Å². The fraction of sp³-hybridized carbons (Fsp3) is 0.647. The van der Waals surface area contributed by atoms with Gasteiger partial charge in [-0.2, -0.15) is 0 Å². The summed E-state index contributed by atoms with van der Waals surface area (Å²) in [6.45, 7) is 10.8. The molecule has 1 aromatic carbocycles. The zero-order chi connectivity index (χ0) is 13.8. The molecule has 19 heavy (non-hydrogen) atoms. The van der Waals surface area contributed by atoms with E-state index in [1.807, 2.05) is 0 Å². The third kappa shape index (κ3) is 3.58. The number of ether oxygens (including phenoxy) is 1. The molecule has 0 amide bonds. The lowest BCUT2D eigenvalue weighted by Gasteiger charge is -2.28. The van der Waals surface area contributed by atoms with Crippen LogP contribution in [0.3, 0.4) is 0 Å². The molecular formula is C17H27NO. The van der Waals surface area contributed by atoms with E-state index in [-0.39, 0.29) is 0 Å². The van der Waals surface area contributed by atoms with Crippen molar-refractivity contribution in [3.8, 4) is 0 Å². The van der Waals surface area contributed by atoms with Gasteiger partial charge in [-0.1, -0.05) is 36.2 Å². The Morgan fingerprint density at radius 3 is 2.47 bits per heavy atom. The third-order valence-corrected chi connectivity index (χ3v) is 4.08. The van der Waals surface area contributed by atoms with Crippen molar-refractivity contribution < 1.29 is 4.74 Å². The maximum atomic E-state index is 5.77. The van der Waals surface area contributed by atoms with E-state index in [1.165, 1.54) is 23.1 Å². The molecule has 2 rings (SSSR count). The van der Waals surface area contributed by atoms with Crippen LogP contribution >= 0.6 is 0 Å². The van der Waals surface area contributed by atoms with Crippen LogP contribution in [0, 0.1) is 19.8 Å². The molecule has 106 valence electrons. The van der Waals surface area contributed by atoms with Crippen molar-refractivity contribution in [1.29, 1.82) is 0 Å². The van der Waals surface area contributed by atoms with Gasteiger partial charge in [0.25, 0.3) is 0 Å². The standard InChI is InChI=1S/C17H27NO/c1-5-7-18-17(16-6-8-19-14(16)4)15-10-12(2)9-13(3)11-15/h9-11,14,16-18H,5-8H2,1-4H3. The van der Waals surface area contributed by atoms with Gasteiger partial charge in [-0.15, -0.1) is 0 Å². The predicted molar refractivity (Wildman–Crippen MR) is 80.5 cm³/mol. The van der Waals surface area contributed by atoms with Gasteiger partial charge in [-0.3, -0.25) is 0 Å². The van der Waals surface area contributed by atoms with Crippen LogP contribution in [0.1, 0.15) is 49.4 Å². The molecular weight excluding hydrogens is 234 g/mol. The molecule has 1 fully saturated rings. The van der Waals surface area contributed by atoms with Gasteiger partial charge in [0, 0.05) is 18.6 Å². The summed E-state index contributed by atoms with van der Waals surface area (Å²) >= 11 is 0. The van der Waals surface area contributed by atoms with E-state index in [0.29, 0.717) is 18.1 Å². The van der Waals surface area contributed by atoms with E-state index in [4.69, 9.17) is 4.74 Å². The highest BCUT2D eigenvalue weighted by molar-refractivity contribution is 5.31. The quantitative estimate of drug-likeness (QED) is 0.871. The van der Waals surface area contributed by atoms with Crippen LogP contribution in [0.15, 0.2) is 18.2 Å². The Bertz CT molecular complexity index is 395. The molecule has 2 nitrogen and oxygen atoms in total. The Balaban J connectivity index is 2.25. The Hall–Kier alpha value is -0.860. The van der Waals surface area contributed by atoms with Crippen molar-refractivity contribution in [2.75, 3.05) is 13.2 Å². The monoisotopic (exact) mass is 261 g/mol. The molecule has 3 unspecified atom stereocenters. The van der Waals surface area contributed by atoms with Crippen LogP contribution in [-0.2, 0) is 4.74 Å². The summed E-state index contributed by atoms with van der Waals surface area (Å²) in [7, 11) is 0. The molecule has 1 saturated heterocycles. The molecule has 3 atom stereocenters. The molecule has 0 bridgehead atoms. The van der Waals surface area contributed by atoms with Gasteiger partial charge in [0.15, 0.2) is 0 Å². The number of rotatable bonds is 5. The van der Waals surface area contributed by atoms with Crippen LogP contribution in [-0.4, -0.2) is 19.3 Å². The first-order valence-corrected chi connectivity index (χ1v) is 7.55. The molecule has 0 spiro atoms. The summed E-state index contributed by atoms with van der Waals surface area (Å²) in [5.74, 6) is 0.591. The molecule has 0 saturated carbocycles. The fourth-order valence-corrected chi connectivity index (χ4v) is 3.19. The number of aryl methyl sites for hydroxylation is 2. The van der Waals surface area contributed by atoms with Crippen molar-refractivity contribution in [3.63, 3.8) is 0 Å². The van der Waals surface area contributed by atoms with E-state index in [9.17, 15) is 0 Å². The highest BCUT2D eigenvalue weighted by atomic mass is 16.5. The van der Waals surface area contributed by atoms with Crippen LogP contribution in [0.2, 0.25) is 0 Å². The Labute approximate surface area is 117 Å². The highest BCUT2D eigenvalue weighted by Gasteiger charge is 2.32. The number of hydrogen-bond donors (Lipinski definition) is 1. The minimum absolute atomic E-state index is 0.357. The molecule has 0 radical (unpaired) electrons. The average Bonchev–Trinajstić information content (AvgIpc) is 2.75. The van der Waals surface area contributed by atoms with Gasteiger partial charge < -0.3 is 10.1 Å². The largest absolute Gasteiger partial charge is 0.378 e. The van der Waals surface area contributed by atoms with Gasteiger partial charge >= 0.3 is 0 Å². The summed E-state index contributed by atoms with van der Waals surface area (Å²) in [5, 5.41) is 3.73. The lowest BCUT2D eigenvalue weighted by atomic mass is 9.87. The van der Waals surface area contributed by atoms with Crippen molar-refractivity contribution in [1.82, 2.24) is 5.32 Å². The van der Waals surface area contributed by atoms with Gasteiger partial charge in [-0.05, 0) is 45.7 Å². The first-order valence-electron chi connectivity index (χ1n) is 7.55. The van der Waals surface area contributed by atoms with Crippen LogP contribution < -0.4 is 5.32 Å². The highest BCUT2D eigenvalue weighted by Crippen LogP contribution is 2.34. The summed E-state index contributed by atoms with van der Waals surface area (Å²) < 4.78 is 5.77. The lowest BCUT2D eigenvalue weighted by Crippen LogP contribution is -2.32. The zero-order valence-corrected chi connectivity index (χ0v) is 12.7. The molecule has 1 N–H and O–H groups in total. The van der Waals surface area contributed by atoms with E-state index in [0.717, 1.165) is 19.6 Å². The van der Waals surface area contributed by atoms with E-state index >= 15 is 0 Å². The molecule has 2 heteroatoms. The lowest BCUT2D eigenvalue weighted by molar-refractivity contribution is 0.0953. The molecule has 1 aromatic rings. The SMILES string of the molecule is CCCNC(c1cc(C)cc(C)c1)C1CCOC1C. The summed E-state index contributed by atoms with van der Waals surface area (Å²) in [6, 6.07) is 7.32. The van der Waals surface area contributed by atoms with Gasteiger partial charge in [0.05, 0.1) is 6.10 Å². The Kier molecular flexibility index (Phi) is 5.00. The summed E-state index contributed by atoms with van der Waals surface area (Å²) in [4.78, 5) is 0. The summed E-state index contributed by atoms with van der Waals surface area (Å²) in [5.41, 5.74) is 4.13. The average molecular weight is 261 g/mol. The van der Waals surface area contributed by atoms with Gasteiger partial charge in [0.1, 0.15) is 0 Å². The van der Waals surface area contributed by atoms with Crippen molar-refractivity contribution in [2.24, 2.45) is 5.92 Å². The minimum atomic E-state index is 0.357. The third-order valence-electron chi connectivity index (χ3n) is 4.08. The van der Waals surface area contributed by atoms with E-state index < -0.39 is 0 Å². The van der Waals surface area contributed by atoms with Crippen LogP contribution in [0.4, 0.5) is 0 Å². The van der Waals surface area contributed by atoms with E-state index in [2.05, 4.69) is 51.2 Å². The maximum absolute atomic E-state index is 5.77. The maximum Gasteiger partial charge on any atom is 0.0594 e. The minimum Gasteiger partial charge on any atom is -0.378 e. The molecule has 1 aliphatic heterocycles. The first-order chi connectivity index (χ1) is 9.11. The topological polar surface area (TPSA) is 21.3 Å². The zero-order valence-electron chi connectivity index (χ0n) is 12.7. The molecule has 0 aromatic heterocycles. The number of nitrogens with one attached hydrogen (secondary N) is 1. The first kappa shape index (κ1) is 14.5. The van der Waals surface area contributed by atoms with E-state index in [1.54, 1.807) is 0 Å².